The lowest BCUT2D eigenvalue weighted by molar-refractivity contribution is -0.163. The second-order valence-corrected chi connectivity index (χ2v) is 14.9. The van der Waals surface area contributed by atoms with Crippen LogP contribution in [0.5, 0.6) is 0 Å². The topological polar surface area (TPSA) is 44.8 Å². The van der Waals surface area contributed by atoms with Gasteiger partial charge in [0.1, 0.15) is 0 Å². The molecule has 37 heavy (non-hydrogen) atoms. The molecule has 0 saturated carbocycles. The number of unbranched alkanes of at least 4 members (excludes halogenated alkanes) is 3. The van der Waals surface area contributed by atoms with Gasteiger partial charge >= 0.3 is 0 Å². The smallest absolute Gasteiger partial charge is 0.261 e. The number of carbonyl (C=O) groups is 1. The zero-order valence-corrected chi connectivity index (χ0v) is 25.1. The van der Waals surface area contributed by atoms with Crippen molar-refractivity contribution in [1.82, 2.24) is 0 Å². The highest BCUT2D eigenvalue weighted by Gasteiger charge is 2.51. The zero-order valence-electron chi connectivity index (χ0n) is 24.1. The summed E-state index contributed by atoms with van der Waals surface area (Å²) in [7, 11) is -2.77. The molecule has 1 atom stereocenters. The number of ketones is 1. The van der Waals surface area contributed by atoms with Gasteiger partial charge in [-0.3, -0.25) is 4.79 Å². The van der Waals surface area contributed by atoms with Crippen molar-refractivity contribution < 1.29 is 18.7 Å². The van der Waals surface area contributed by atoms with Crippen LogP contribution >= 0.6 is 0 Å². The Labute approximate surface area is 226 Å². The lowest BCUT2D eigenvalue weighted by Gasteiger charge is -2.45. The van der Waals surface area contributed by atoms with E-state index in [9.17, 15) is 4.79 Å². The van der Waals surface area contributed by atoms with Crippen LogP contribution in [0.4, 0.5) is 0 Å². The van der Waals surface area contributed by atoms with Gasteiger partial charge in [-0.1, -0.05) is 114 Å². The van der Waals surface area contributed by atoms with E-state index in [1.807, 2.05) is 20.8 Å². The summed E-state index contributed by atoms with van der Waals surface area (Å²) in [5, 5.41) is 2.35. The molecule has 0 aliphatic heterocycles. The standard InChI is InChI=1S/C32H48O4Si/c1-8-11-12-19-24-30(26(4)25-29(33)31(34-9-2)35-10-3)36-37(32(5,6)7,27-20-15-13-16-21-27)28-22-17-14-18-23-28/h13-18,20-23,25,30-31H,8-12,19,24H2,1-7H3/b26-25-. The summed E-state index contributed by atoms with van der Waals surface area (Å²) < 4.78 is 18.6. The van der Waals surface area contributed by atoms with E-state index in [-0.39, 0.29) is 16.9 Å². The van der Waals surface area contributed by atoms with Crippen LogP contribution in [0, 0.1) is 0 Å². The fraction of sp³-hybridized carbons (Fsp3) is 0.531. The zero-order chi connectivity index (χ0) is 27.3. The van der Waals surface area contributed by atoms with Gasteiger partial charge in [-0.15, -0.1) is 0 Å². The lowest BCUT2D eigenvalue weighted by Crippen LogP contribution is -2.67. The highest BCUT2D eigenvalue weighted by Crippen LogP contribution is 2.39. The summed E-state index contributed by atoms with van der Waals surface area (Å²) in [6.45, 7) is 15.7. The normalized spacial score (nSPS) is 13.7. The Kier molecular flexibility index (Phi) is 13.0. The van der Waals surface area contributed by atoms with Crippen molar-refractivity contribution in [3.05, 3.63) is 72.3 Å². The van der Waals surface area contributed by atoms with Gasteiger partial charge in [-0.2, -0.15) is 0 Å². The Morgan fingerprint density at radius 1 is 0.838 bits per heavy atom. The van der Waals surface area contributed by atoms with E-state index in [1.165, 1.54) is 23.2 Å². The van der Waals surface area contributed by atoms with Crippen LogP contribution < -0.4 is 10.4 Å². The Morgan fingerprint density at radius 2 is 1.35 bits per heavy atom. The van der Waals surface area contributed by atoms with Gasteiger partial charge in [0, 0.05) is 13.2 Å². The van der Waals surface area contributed by atoms with E-state index in [2.05, 4.69) is 88.4 Å². The predicted molar refractivity (Wildman–Crippen MR) is 157 cm³/mol. The SMILES string of the molecule is CCCCCCC(O[Si](c1ccccc1)(c1ccccc1)C(C)(C)C)/C(C)=C\C(=O)C(OCC)OCC. The monoisotopic (exact) mass is 524 g/mol. The first-order valence-electron chi connectivity index (χ1n) is 13.9. The number of hydrogen-bond donors (Lipinski definition) is 0. The first kappa shape index (κ1) is 31.2. The minimum absolute atomic E-state index is 0.138. The molecule has 0 amide bonds. The van der Waals surface area contributed by atoms with Gasteiger partial charge in [0.05, 0.1) is 6.10 Å². The summed E-state index contributed by atoms with van der Waals surface area (Å²) in [5.74, 6) is -0.161. The minimum atomic E-state index is -2.77. The third kappa shape index (κ3) is 8.47. The average Bonchev–Trinajstić information content (AvgIpc) is 2.88. The number of hydrogen-bond acceptors (Lipinski definition) is 4. The van der Waals surface area contributed by atoms with Crippen molar-refractivity contribution in [2.45, 2.75) is 98.0 Å². The third-order valence-electron chi connectivity index (χ3n) is 6.80. The van der Waals surface area contributed by atoms with E-state index in [4.69, 9.17) is 13.9 Å². The summed E-state index contributed by atoms with van der Waals surface area (Å²) in [5.41, 5.74) is 0.930. The summed E-state index contributed by atoms with van der Waals surface area (Å²) in [4.78, 5) is 13.1. The molecule has 2 rings (SSSR count). The average molecular weight is 525 g/mol. The molecular formula is C32H48O4Si. The maximum absolute atomic E-state index is 13.1. The third-order valence-corrected chi connectivity index (χ3v) is 11.8. The summed E-state index contributed by atoms with van der Waals surface area (Å²) in [6.07, 6.45) is 6.08. The number of benzene rings is 2. The fourth-order valence-corrected chi connectivity index (χ4v) is 9.69. The molecule has 0 radical (unpaired) electrons. The number of carbonyl (C=O) groups excluding carboxylic acids is 1. The molecule has 0 fully saturated rings. The molecule has 204 valence electrons. The molecule has 0 aliphatic carbocycles. The molecule has 0 heterocycles. The molecular weight excluding hydrogens is 476 g/mol. The molecule has 1 unspecified atom stereocenters. The minimum Gasteiger partial charge on any atom is -0.401 e. The maximum atomic E-state index is 13.1. The molecule has 4 nitrogen and oxygen atoms in total. The van der Waals surface area contributed by atoms with Crippen molar-refractivity contribution >= 4 is 24.5 Å². The highest BCUT2D eigenvalue weighted by molar-refractivity contribution is 6.99. The summed E-state index contributed by atoms with van der Waals surface area (Å²) >= 11 is 0. The number of rotatable bonds is 16. The Hall–Kier alpha value is -2.05. The van der Waals surface area contributed by atoms with Gasteiger partial charge < -0.3 is 13.9 Å². The molecule has 0 bridgehead atoms. The quantitative estimate of drug-likeness (QED) is 0.105. The largest absolute Gasteiger partial charge is 0.401 e. The van der Waals surface area contributed by atoms with Gasteiger partial charge in [0.15, 0.2) is 0 Å². The van der Waals surface area contributed by atoms with Crippen LogP contribution in [0.25, 0.3) is 0 Å². The molecule has 2 aromatic carbocycles. The molecule has 0 saturated heterocycles. The molecule has 2 aromatic rings. The van der Waals surface area contributed by atoms with E-state index in [1.54, 1.807) is 6.08 Å². The van der Waals surface area contributed by atoms with Crippen LogP contribution in [0.1, 0.15) is 80.6 Å². The van der Waals surface area contributed by atoms with Crippen molar-refractivity contribution in [1.29, 1.82) is 0 Å². The van der Waals surface area contributed by atoms with Crippen molar-refractivity contribution in [2.24, 2.45) is 0 Å². The van der Waals surface area contributed by atoms with Crippen molar-refractivity contribution in [3.63, 3.8) is 0 Å². The summed E-state index contributed by atoms with van der Waals surface area (Å²) in [6, 6.07) is 21.4. The second kappa shape index (κ2) is 15.4. The predicted octanol–water partition coefficient (Wildman–Crippen LogP) is 6.82. The van der Waals surface area contributed by atoms with Crippen LogP contribution in [0.15, 0.2) is 72.3 Å². The molecule has 0 aromatic heterocycles. The van der Waals surface area contributed by atoms with E-state index < -0.39 is 14.6 Å². The lowest BCUT2D eigenvalue weighted by atomic mass is 10.0. The molecule has 0 N–H and O–H groups in total. The van der Waals surface area contributed by atoms with E-state index in [0.29, 0.717) is 13.2 Å². The second-order valence-electron chi connectivity index (χ2n) is 10.7. The maximum Gasteiger partial charge on any atom is 0.261 e. The molecule has 0 spiro atoms. The van der Waals surface area contributed by atoms with Crippen molar-refractivity contribution in [3.8, 4) is 0 Å². The van der Waals surface area contributed by atoms with Gasteiger partial charge in [-0.25, -0.2) is 0 Å². The first-order valence-corrected chi connectivity index (χ1v) is 15.9. The van der Waals surface area contributed by atoms with Gasteiger partial charge in [0.25, 0.3) is 8.32 Å². The van der Waals surface area contributed by atoms with Crippen molar-refractivity contribution in [2.75, 3.05) is 13.2 Å². The first-order chi connectivity index (χ1) is 17.7. The van der Waals surface area contributed by atoms with Gasteiger partial charge in [-0.05, 0) is 54.3 Å². The molecule has 5 heteroatoms. The number of ether oxygens (including phenoxy) is 2. The van der Waals surface area contributed by atoms with E-state index in [0.717, 1.165) is 24.8 Å². The Bertz CT molecular complexity index is 904. The van der Waals surface area contributed by atoms with Crippen LogP contribution in [0.3, 0.4) is 0 Å². The Morgan fingerprint density at radius 3 is 1.78 bits per heavy atom. The van der Waals surface area contributed by atoms with Gasteiger partial charge in [0.2, 0.25) is 12.1 Å². The van der Waals surface area contributed by atoms with Crippen LogP contribution in [-0.2, 0) is 18.7 Å². The molecule has 0 aliphatic rings. The van der Waals surface area contributed by atoms with E-state index >= 15 is 0 Å². The van der Waals surface area contributed by atoms with Crippen LogP contribution in [-0.4, -0.2) is 39.7 Å². The Balaban J connectivity index is 2.59. The fourth-order valence-electron chi connectivity index (χ4n) is 4.94. The highest BCUT2D eigenvalue weighted by atomic mass is 28.4. The van der Waals surface area contributed by atoms with Crippen LogP contribution in [0.2, 0.25) is 5.04 Å².